The van der Waals surface area contributed by atoms with Crippen LogP contribution in [0.4, 0.5) is 5.00 Å². The highest BCUT2D eigenvalue weighted by Crippen LogP contribution is 2.39. The number of carbonyl (C=O) groups is 3. The van der Waals surface area contributed by atoms with Crippen molar-refractivity contribution in [3.63, 3.8) is 0 Å². The quantitative estimate of drug-likeness (QED) is 0.212. The molecule has 2 N–H and O–H groups in total. The van der Waals surface area contributed by atoms with E-state index in [9.17, 15) is 14.4 Å². The van der Waals surface area contributed by atoms with E-state index in [2.05, 4.69) is 15.8 Å². The molecule has 0 aliphatic heterocycles. The van der Waals surface area contributed by atoms with Crippen LogP contribution in [-0.2, 0) is 33.8 Å². The molecule has 0 saturated heterocycles. The van der Waals surface area contributed by atoms with Gasteiger partial charge in [0, 0.05) is 9.90 Å². The largest absolute Gasteiger partial charge is 0.489 e. The van der Waals surface area contributed by atoms with Crippen LogP contribution in [0.3, 0.4) is 0 Å². The Hall–Kier alpha value is -3.69. The van der Waals surface area contributed by atoms with Gasteiger partial charge < -0.3 is 14.8 Å². The van der Waals surface area contributed by atoms with Crippen molar-refractivity contribution in [2.24, 2.45) is 5.10 Å². The summed E-state index contributed by atoms with van der Waals surface area (Å²) in [5.74, 6) is -1.74. The number of ether oxygens (including phenoxy) is 2. The van der Waals surface area contributed by atoms with Gasteiger partial charge in [0.05, 0.1) is 18.9 Å². The molecule has 0 spiro atoms. The summed E-state index contributed by atoms with van der Waals surface area (Å²) >= 11 is 7.27. The summed E-state index contributed by atoms with van der Waals surface area (Å²) in [5.41, 5.74) is 5.06. The second kappa shape index (κ2) is 11.2. The van der Waals surface area contributed by atoms with Crippen molar-refractivity contribution in [3.05, 3.63) is 80.7 Å². The number of nitrogens with zero attached hydrogens (tertiary/aromatic N) is 1. The smallest absolute Gasteiger partial charge is 0.341 e. The van der Waals surface area contributed by atoms with E-state index < -0.39 is 17.8 Å². The topological polar surface area (TPSA) is 106 Å². The average molecular weight is 512 g/mol. The van der Waals surface area contributed by atoms with Crippen LogP contribution >= 0.6 is 22.9 Å². The van der Waals surface area contributed by atoms with Crippen molar-refractivity contribution >= 4 is 51.9 Å². The van der Waals surface area contributed by atoms with Crippen molar-refractivity contribution in [3.8, 4) is 5.75 Å². The number of fused-ring (bicyclic) bond motifs is 1. The van der Waals surface area contributed by atoms with Crippen molar-refractivity contribution in [2.45, 2.75) is 25.9 Å². The van der Waals surface area contributed by atoms with Gasteiger partial charge in [-0.2, -0.15) is 5.10 Å². The fourth-order valence-corrected chi connectivity index (χ4v) is 5.12. The lowest BCUT2D eigenvalue weighted by atomic mass is 10.1. The Bertz CT molecular complexity index is 1290. The molecule has 0 atom stereocenters. The monoisotopic (exact) mass is 511 g/mol. The molecule has 0 fully saturated rings. The minimum Gasteiger partial charge on any atom is -0.489 e. The highest BCUT2D eigenvalue weighted by Gasteiger charge is 2.29. The molecule has 2 aromatic carbocycles. The van der Waals surface area contributed by atoms with E-state index in [4.69, 9.17) is 21.1 Å². The number of thiophene rings is 1. The molecule has 10 heteroatoms. The zero-order valence-corrected chi connectivity index (χ0v) is 20.4. The third-order valence-electron chi connectivity index (χ3n) is 5.30. The molecule has 180 valence electrons. The van der Waals surface area contributed by atoms with Gasteiger partial charge in [-0.1, -0.05) is 23.7 Å². The predicted molar refractivity (Wildman–Crippen MR) is 134 cm³/mol. The van der Waals surface area contributed by atoms with E-state index in [0.29, 0.717) is 33.5 Å². The Labute approximate surface area is 210 Å². The van der Waals surface area contributed by atoms with Gasteiger partial charge in [-0.05, 0) is 72.4 Å². The number of aryl methyl sites for hydroxylation is 1. The first-order valence-corrected chi connectivity index (χ1v) is 12.0. The van der Waals surface area contributed by atoms with Gasteiger partial charge in [0.25, 0.3) is 0 Å². The molecular formula is C25H22ClN3O5S. The predicted octanol–water partition coefficient (Wildman–Crippen LogP) is 4.34. The summed E-state index contributed by atoms with van der Waals surface area (Å²) < 4.78 is 10.6. The Kier molecular flexibility index (Phi) is 7.79. The van der Waals surface area contributed by atoms with Gasteiger partial charge in [0.1, 0.15) is 17.4 Å². The van der Waals surface area contributed by atoms with Gasteiger partial charge in [-0.15, -0.1) is 11.3 Å². The van der Waals surface area contributed by atoms with Crippen molar-refractivity contribution in [2.75, 3.05) is 12.4 Å². The molecular weight excluding hydrogens is 490 g/mol. The van der Waals surface area contributed by atoms with E-state index in [-0.39, 0.29) is 0 Å². The molecule has 0 unspecified atom stereocenters. The maximum Gasteiger partial charge on any atom is 0.341 e. The number of hydrazone groups is 1. The van der Waals surface area contributed by atoms with Crippen LogP contribution in [0.5, 0.6) is 5.75 Å². The number of anilines is 1. The van der Waals surface area contributed by atoms with Crippen molar-refractivity contribution < 1.29 is 23.9 Å². The van der Waals surface area contributed by atoms with Crippen LogP contribution < -0.4 is 15.5 Å². The Morgan fingerprint density at radius 2 is 1.91 bits per heavy atom. The molecule has 0 bridgehead atoms. The van der Waals surface area contributed by atoms with E-state index in [1.807, 2.05) is 18.2 Å². The molecule has 1 aromatic heterocycles. The van der Waals surface area contributed by atoms with Gasteiger partial charge in [0.15, 0.2) is 0 Å². The molecule has 1 heterocycles. The number of rotatable bonds is 7. The number of methoxy groups -OCH3 is 1. The van der Waals surface area contributed by atoms with Crippen molar-refractivity contribution in [1.29, 1.82) is 0 Å². The number of amides is 2. The fraction of sp³-hybridized carbons (Fsp3) is 0.200. The van der Waals surface area contributed by atoms with E-state index in [1.165, 1.54) is 24.7 Å². The maximum absolute atomic E-state index is 12.3. The Morgan fingerprint density at radius 1 is 1.11 bits per heavy atom. The first-order chi connectivity index (χ1) is 16.9. The SMILES string of the molecule is COC(=O)c1c(NC(=O)C(=O)N/N=C/c2ccc(OCc3cccc(Cl)c3)cc2)sc2c1CCC2. The molecule has 0 radical (unpaired) electrons. The third-order valence-corrected chi connectivity index (χ3v) is 6.74. The maximum atomic E-state index is 12.3. The summed E-state index contributed by atoms with van der Waals surface area (Å²) in [6.07, 6.45) is 3.93. The fourth-order valence-electron chi connectivity index (χ4n) is 3.63. The standard InChI is InChI=1S/C25H22ClN3O5S/c1-33-25(32)21-19-6-3-7-20(19)35-24(21)28-22(30)23(31)29-27-13-15-8-10-18(11-9-15)34-14-16-4-2-5-17(26)12-16/h2,4-5,8-13H,3,6-7,14H2,1H3,(H,28,30)(H,29,31)/b27-13+. The number of esters is 1. The summed E-state index contributed by atoms with van der Waals surface area (Å²) in [5, 5.41) is 7.31. The molecule has 3 aromatic rings. The molecule has 2 amide bonds. The first kappa shape index (κ1) is 24.4. The van der Waals surface area contributed by atoms with Crippen LogP contribution in [0, 0.1) is 0 Å². The lowest BCUT2D eigenvalue weighted by molar-refractivity contribution is -0.136. The van der Waals surface area contributed by atoms with Crippen LogP contribution in [0.2, 0.25) is 5.02 Å². The van der Waals surface area contributed by atoms with E-state index >= 15 is 0 Å². The second-order valence-electron chi connectivity index (χ2n) is 7.69. The highest BCUT2D eigenvalue weighted by atomic mass is 35.5. The summed E-state index contributed by atoms with van der Waals surface area (Å²) in [6.45, 7) is 0.379. The Morgan fingerprint density at radius 3 is 2.66 bits per heavy atom. The Balaban J connectivity index is 1.30. The van der Waals surface area contributed by atoms with Crippen LogP contribution in [0.15, 0.2) is 53.6 Å². The van der Waals surface area contributed by atoms with Crippen LogP contribution in [-0.4, -0.2) is 31.1 Å². The molecule has 4 rings (SSSR count). The summed E-state index contributed by atoms with van der Waals surface area (Å²) in [4.78, 5) is 37.7. The second-order valence-corrected chi connectivity index (χ2v) is 9.24. The highest BCUT2D eigenvalue weighted by molar-refractivity contribution is 7.17. The number of halogens is 1. The zero-order chi connectivity index (χ0) is 24.8. The van der Waals surface area contributed by atoms with Gasteiger partial charge in [-0.25, -0.2) is 10.2 Å². The normalized spacial score (nSPS) is 12.3. The average Bonchev–Trinajstić information content (AvgIpc) is 3.44. The van der Waals surface area contributed by atoms with Gasteiger partial charge >= 0.3 is 17.8 Å². The molecule has 0 saturated carbocycles. The zero-order valence-electron chi connectivity index (χ0n) is 18.8. The number of benzene rings is 2. The lowest BCUT2D eigenvalue weighted by Gasteiger charge is -2.07. The lowest BCUT2D eigenvalue weighted by Crippen LogP contribution is -2.32. The molecule has 35 heavy (non-hydrogen) atoms. The first-order valence-electron chi connectivity index (χ1n) is 10.8. The molecule has 1 aliphatic carbocycles. The van der Waals surface area contributed by atoms with Crippen LogP contribution in [0.1, 0.15) is 38.3 Å². The minimum atomic E-state index is -0.952. The number of hydrogen-bond acceptors (Lipinski definition) is 7. The minimum absolute atomic E-state index is 0.319. The van der Waals surface area contributed by atoms with Crippen molar-refractivity contribution in [1.82, 2.24) is 5.43 Å². The number of carbonyl (C=O) groups excluding carboxylic acids is 3. The van der Waals surface area contributed by atoms with Crippen LogP contribution in [0.25, 0.3) is 0 Å². The van der Waals surface area contributed by atoms with E-state index in [0.717, 1.165) is 35.3 Å². The van der Waals surface area contributed by atoms with Gasteiger partial charge in [0.2, 0.25) is 0 Å². The van der Waals surface area contributed by atoms with Gasteiger partial charge in [-0.3, -0.25) is 9.59 Å². The summed E-state index contributed by atoms with van der Waals surface area (Å²) in [7, 11) is 1.28. The number of hydrogen-bond donors (Lipinski definition) is 2. The van der Waals surface area contributed by atoms with E-state index in [1.54, 1.807) is 30.3 Å². The third kappa shape index (κ3) is 6.06. The molecule has 8 nitrogen and oxygen atoms in total. The number of nitrogens with one attached hydrogen (secondary N) is 2. The molecule has 1 aliphatic rings. The summed E-state index contributed by atoms with van der Waals surface area (Å²) in [6, 6.07) is 14.5.